The third-order valence-electron chi connectivity index (χ3n) is 3.08. The van der Waals surface area contributed by atoms with Gasteiger partial charge in [-0.15, -0.1) is 11.3 Å². The predicted octanol–water partition coefficient (Wildman–Crippen LogP) is 4.11. The van der Waals surface area contributed by atoms with Gasteiger partial charge < -0.3 is 4.98 Å². The van der Waals surface area contributed by atoms with Gasteiger partial charge in [-0.05, 0) is 33.5 Å². The molecule has 3 aromatic heterocycles. The smallest absolute Gasteiger partial charge is 0.269 e. The molecule has 0 saturated heterocycles. The van der Waals surface area contributed by atoms with Gasteiger partial charge >= 0.3 is 0 Å². The number of fused-ring (bicyclic) bond motifs is 1. The average Bonchev–Trinajstić information content (AvgIpc) is 2.78. The standard InChI is InChI=1S/C15H14BrN3OS/c1-15(2,3)12-9(16)10-11(21-12)14(20)19-13(18-10)8-6-4-5-7-17-8/h4-7H,1-3H3,(H,18,19,20). The first-order valence-corrected chi connectivity index (χ1v) is 8.13. The Morgan fingerprint density at radius 2 is 2.05 bits per heavy atom. The van der Waals surface area contributed by atoms with Crippen molar-refractivity contribution in [2.45, 2.75) is 26.2 Å². The van der Waals surface area contributed by atoms with Crippen molar-refractivity contribution >= 4 is 37.5 Å². The molecule has 3 heterocycles. The van der Waals surface area contributed by atoms with Crippen molar-refractivity contribution < 1.29 is 0 Å². The van der Waals surface area contributed by atoms with Crippen molar-refractivity contribution in [3.63, 3.8) is 0 Å². The lowest BCUT2D eigenvalue weighted by Gasteiger charge is -2.16. The van der Waals surface area contributed by atoms with Crippen LogP contribution in [-0.4, -0.2) is 15.0 Å². The number of rotatable bonds is 1. The molecule has 1 N–H and O–H groups in total. The first-order valence-electron chi connectivity index (χ1n) is 6.52. The van der Waals surface area contributed by atoms with E-state index in [0.29, 0.717) is 21.7 Å². The Morgan fingerprint density at radius 1 is 1.29 bits per heavy atom. The summed E-state index contributed by atoms with van der Waals surface area (Å²) in [6.45, 7) is 6.36. The zero-order chi connectivity index (χ0) is 15.2. The van der Waals surface area contributed by atoms with Crippen molar-refractivity contribution in [2.75, 3.05) is 0 Å². The molecule has 3 rings (SSSR count). The summed E-state index contributed by atoms with van der Waals surface area (Å²) in [6, 6.07) is 5.53. The number of halogens is 1. The van der Waals surface area contributed by atoms with Gasteiger partial charge in [0.1, 0.15) is 15.9 Å². The Labute approximate surface area is 134 Å². The van der Waals surface area contributed by atoms with E-state index < -0.39 is 0 Å². The molecule has 0 aromatic carbocycles. The van der Waals surface area contributed by atoms with Gasteiger partial charge in [0.15, 0.2) is 5.82 Å². The second-order valence-electron chi connectivity index (χ2n) is 5.80. The molecule has 0 unspecified atom stereocenters. The summed E-state index contributed by atoms with van der Waals surface area (Å²) in [6.07, 6.45) is 1.68. The molecule has 0 atom stereocenters. The molecule has 3 aromatic rings. The summed E-state index contributed by atoms with van der Waals surface area (Å²) in [4.78, 5) is 25.1. The minimum atomic E-state index is -0.123. The highest BCUT2D eigenvalue weighted by atomic mass is 79.9. The molecule has 6 heteroatoms. The average molecular weight is 364 g/mol. The first kappa shape index (κ1) is 14.4. The van der Waals surface area contributed by atoms with Crippen molar-refractivity contribution in [1.29, 1.82) is 0 Å². The summed E-state index contributed by atoms with van der Waals surface area (Å²) in [5.74, 6) is 0.493. The molecular formula is C15H14BrN3OS. The molecule has 0 spiro atoms. The lowest BCUT2D eigenvalue weighted by atomic mass is 9.95. The van der Waals surface area contributed by atoms with Crippen molar-refractivity contribution in [2.24, 2.45) is 0 Å². The van der Waals surface area contributed by atoms with Crippen LogP contribution in [0.1, 0.15) is 25.6 Å². The second-order valence-corrected chi connectivity index (χ2v) is 7.62. The third-order valence-corrected chi connectivity index (χ3v) is 5.71. The van der Waals surface area contributed by atoms with E-state index in [0.717, 1.165) is 9.35 Å². The largest absolute Gasteiger partial charge is 0.304 e. The molecule has 0 radical (unpaired) electrons. The fraction of sp³-hybridized carbons (Fsp3) is 0.267. The lowest BCUT2D eigenvalue weighted by Crippen LogP contribution is -2.08. The molecule has 0 aliphatic heterocycles. The van der Waals surface area contributed by atoms with Gasteiger partial charge in [0.25, 0.3) is 5.56 Å². The molecule has 0 amide bonds. The zero-order valence-corrected chi connectivity index (χ0v) is 14.3. The minimum absolute atomic E-state index is 0.0399. The van der Waals surface area contributed by atoms with E-state index in [1.54, 1.807) is 6.20 Å². The summed E-state index contributed by atoms with van der Waals surface area (Å²) in [7, 11) is 0. The topological polar surface area (TPSA) is 58.6 Å². The highest BCUT2D eigenvalue weighted by Crippen LogP contribution is 2.40. The number of aromatic nitrogens is 3. The Kier molecular flexibility index (Phi) is 3.45. The van der Waals surface area contributed by atoms with Crippen LogP contribution in [0.5, 0.6) is 0 Å². The van der Waals surface area contributed by atoms with Crippen LogP contribution < -0.4 is 5.56 Å². The summed E-state index contributed by atoms with van der Waals surface area (Å²) >= 11 is 5.09. The van der Waals surface area contributed by atoms with Gasteiger partial charge in [-0.2, -0.15) is 0 Å². The van der Waals surface area contributed by atoms with Crippen molar-refractivity contribution in [3.8, 4) is 11.5 Å². The Balaban J connectivity index is 2.30. The lowest BCUT2D eigenvalue weighted by molar-refractivity contribution is 0.601. The van der Waals surface area contributed by atoms with Crippen LogP contribution in [0.3, 0.4) is 0 Å². The van der Waals surface area contributed by atoms with E-state index in [9.17, 15) is 4.79 Å². The number of pyridine rings is 1. The Hall–Kier alpha value is -1.53. The Bertz CT molecular complexity index is 862. The third kappa shape index (κ3) is 2.53. The van der Waals surface area contributed by atoms with Crippen LogP contribution in [0.15, 0.2) is 33.7 Å². The SMILES string of the molecule is CC(C)(C)c1sc2c(=O)[nH]c(-c3ccccn3)nc2c1Br. The highest BCUT2D eigenvalue weighted by molar-refractivity contribution is 9.10. The normalized spacial score (nSPS) is 12.0. The molecular weight excluding hydrogens is 350 g/mol. The molecule has 108 valence electrons. The number of hydrogen-bond donors (Lipinski definition) is 1. The summed E-state index contributed by atoms with van der Waals surface area (Å²) in [5, 5.41) is 0. The molecule has 0 fully saturated rings. The fourth-order valence-corrected chi connectivity index (χ4v) is 4.41. The van der Waals surface area contributed by atoms with Gasteiger partial charge in [0.05, 0.1) is 4.47 Å². The van der Waals surface area contributed by atoms with Crippen LogP contribution in [0.2, 0.25) is 0 Å². The number of aromatic amines is 1. The molecule has 0 aliphatic carbocycles. The molecule has 0 aliphatic rings. The quantitative estimate of drug-likeness (QED) is 0.707. The van der Waals surface area contributed by atoms with E-state index in [4.69, 9.17) is 0 Å². The second kappa shape index (κ2) is 5.03. The summed E-state index contributed by atoms with van der Waals surface area (Å²) in [5.41, 5.74) is 1.20. The predicted molar refractivity (Wildman–Crippen MR) is 89.9 cm³/mol. The number of H-pyrrole nitrogens is 1. The first-order chi connectivity index (χ1) is 9.88. The number of nitrogens with zero attached hydrogens (tertiary/aromatic N) is 2. The van der Waals surface area contributed by atoms with E-state index in [2.05, 4.69) is 51.7 Å². The highest BCUT2D eigenvalue weighted by Gasteiger charge is 2.24. The number of hydrogen-bond acceptors (Lipinski definition) is 4. The van der Waals surface area contributed by atoms with Gasteiger partial charge in [0, 0.05) is 11.1 Å². The van der Waals surface area contributed by atoms with Crippen LogP contribution in [0.4, 0.5) is 0 Å². The van der Waals surface area contributed by atoms with Crippen molar-refractivity contribution in [3.05, 3.63) is 44.1 Å². The van der Waals surface area contributed by atoms with Crippen LogP contribution in [-0.2, 0) is 5.41 Å². The van der Waals surface area contributed by atoms with E-state index in [-0.39, 0.29) is 11.0 Å². The Morgan fingerprint density at radius 3 is 2.67 bits per heavy atom. The van der Waals surface area contributed by atoms with Gasteiger partial charge in [-0.25, -0.2) is 4.98 Å². The zero-order valence-electron chi connectivity index (χ0n) is 11.9. The monoisotopic (exact) mass is 363 g/mol. The van der Waals surface area contributed by atoms with E-state index >= 15 is 0 Å². The van der Waals surface area contributed by atoms with Gasteiger partial charge in [0.2, 0.25) is 0 Å². The van der Waals surface area contributed by atoms with Crippen LogP contribution in [0, 0.1) is 0 Å². The van der Waals surface area contributed by atoms with Crippen LogP contribution in [0.25, 0.3) is 21.7 Å². The number of nitrogens with one attached hydrogen (secondary N) is 1. The van der Waals surface area contributed by atoms with Crippen LogP contribution >= 0.6 is 27.3 Å². The number of thiophene rings is 1. The fourth-order valence-electron chi connectivity index (χ4n) is 2.07. The maximum absolute atomic E-state index is 12.3. The van der Waals surface area contributed by atoms with Gasteiger partial charge in [-0.1, -0.05) is 26.8 Å². The van der Waals surface area contributed by atoms with Crippen molar-refractivity contribution in [1.82, 2.24) is 15.0 Å². The maximum atomic E-state index is 12.3. The van der Waals surface area contributed by atoms with E-state index in [1.165, 1.54) is 11.3 Å². The van der Waals surface area contributed by atoms with Gasteiger partial charge in [-0.3, -0.25) is 9.78 Å². The minimum Gasteiger partial charge on any atom is -0.304 e. The maximum Gasteiger partial charge on any atom is 0.269 e. The molecule has 0 bridgehead atoms. The van der Waals surface area contributed by atoms with E-state index in [1.807, 2.05) is 18.2 Å². The molecule has 21 heavy (non-hydrogen) atoms. The molecule has 4 nitrogen and oxygen atoms in total. The molecule has 0 saturated carbocycles. The summed E-state index contributed by atoms with van der Waals surface area (Å²) < 4.78 is 1.55.